The highest BCUT2D eigenvalue weighted by molar-refractivity contribution is 5.85. The van der Waals surface area contributed by atoms with Gasteiger partial charge >= 0.3 is 0 Å². The maximum Gasteiger partial charge on any atom is 0.119 e. The number of likely N-dealkylation sites (N-methyl/N-ethyl adjacent to an activating group) is 1. The van der Waals surface area contributed by atoms with E-state index in [0.29, 0.717) is 5.75 Å². The second kappa shape index (κ2) is 4.08. The van der Waals surface area contributed by atoms with E-state index in [1.54, 1.807) is 13.3 Å². The van der Waals surface area contributed by atoms with Gasteiger partial charge in [-0.3, -0.25) is 0 Å². The number of ether oxygens (including phenoxy) is 1. The molecule has 2 aromatic rings. The lowest BCUT2D eigenvalue weighted by atomic mass is 9.98. The van der Waals surface area contributed by atoms with Crippen molar-refractivity contribution >= 4 is 10.9 Å². The topological polar surface area (TPSA) is 28.3 Å². The number of hydrogen-bond donors (Lipinski definition) is 1. The quantitative estimate of drug-likeness (QED) is 0.865. The van der Waals surface area contributed by atoms with Crippen LogP contribution in [0, 0.1) is 0 Å². The number of methoxy groups -OCH3 is 1. The van der Waals surface area contributed by atoms with Gasteiger partial charge in [0.15, 0.2) is 0 Å². The van der Waals surface area contributed by atoms with Gasteiger partial charge in [0.05, 0.1) is 7.11 Å². The highest BCUT2D eigenvalue weighted by Gasteiger charge is 2.23. The van der Waals surface area contributed by atoms with Gasteiger partial charge in [-0.1, -0.05) is 0 Å². The van der Waals surface area contributed by atoms with Gasteiger partial charge in [-0.25, -0.2) is 0 Å². The molecule has 1 unspecified atom stereocenters. The van der Waals surface area contributed by atoms with Gasteiger partial charge in [0.2, 0.25) is 0 Å². The largest absolute Gasteiger partial charge is 0.497 e. The molecule has 17 heavy (non-hydrogen) atoms. The number of likely N-dealkylation sites (tertiary alicyclic amines) is 1. The van der Waals surface area contributed by atoms with Crippen LogP contribution in [0.1, 0.15) is 23.4 Å². The first-order chi connectivity index (χ1) is 9.77. The highest BCUT2D eigenvalue weighted by Crippen LogP contribution is 2.33. The molecule has 1 aromatic heterocycles. The summed E-state index contributed by atoms with van der Waals surface area (Å²) < 4.78 is 37.7. The first kappa shape index (κ1) is 7.07. The van der Waals surface area contributed by atoms with Crippen LogP contribution in [-0.4, -0.2) is 37.0 Å². The number of hydrogen-bond acceptors (Lipinski definition) is 2. The molecule has 0 aliphatic carbocycles. The Morgan fingerprint density at radius 3 is 3.12 bits per heavy atom. The summed E-state index contributed by atoms with van der Waals surface area (Å²) in [6.07, 6.45) is 1.91. The van der Waals surface area contributed by atoms with Crippen LogP contribution in [0.4, 0.5) is 0 Å². The number of benzene rings is 1. The Hall–Kier alpha value is -1.48. The second-order valence-electron chi connectivity index (χ2n) is 4.26. The van der Waals surface area contributed by atoms with Crippen molar-refractivity contribution in [3.8, 4) is 5.75 Å². The third kappa shape index (κ3) is 1.80. The second-order valence-corrected chi connectivity index (χ2v) is 4.26. The summed E-state index contributed by atoms with van der Waals surface area (Å²) in [4.78, 5) is 4.32. The Bertz CT molecular complexity index is 683. The highest BCUT2D eigenvalue weighted by atomic mass is 16.5. The Labute approximate surface area is 107 Å². The van der Waals surface area contributed by atoms with Crippen LogP contribution < -0.4 is 4.74 Å². The average Bonchev–Trinajstić information content (AvgIpc) is 2.91. The molecule has 0 spiro atoms. The standard InChI is InChI=1S/C14H18N2O/c1-16-6-5-10(9-16)13-8-15-14-4-3-11(17-2)7-12(13)14/h3-4,7-8,10,15H,5-6,9H2,1-2H3/i6D2,9D2. The number of fused-ring (bicyclic) bond motifs is 1. The Balaban J connectivity index is 2.12. The maximum absolute atomic E-state index is 8.26. The van der Waals surface area contributed by atoms with E-state index >= 15 is 0 Å². The van der Waals surface area contributed by atoms with Crippen LogP contribution in [0.15, 0.2) is 24.4 Å². The van der Waals surface area contributed by atoms with Crippen molar-refractivity contribution in [2.24, 2.45) is 0 Å². The van der Waals surface area contributed by atoms with Crippen molar-refractivity contribution in [2.75, 3.05) is 27.2 Å². The minimum atomic E-state index is -1.73. The van der Waals surface area contributed by atoms with Gasteiger partial charge in [0.1, 0.15) is 5.75 Å². The molecule has 0 radical (unpaired) electrons. The third-order valence-corrected chi connectivity index (χ3v) is 3.18. The number of aromatic amines is 1. The first-order valence-corrected chi connectivity index (χ1v) is 5.66. The Morgan fingerprint density at radius 2 is 2.41 bits per heavy atom. The predicted octanol–water partition coefficient (Wildman–Crippen LogP) is 2.60. The molecular weight excluding hydrogens is 212 g/mol. The zero-order valence-corrected chi connectivity index (χ0v) is 9.95. The molecule has 90 valence electrons. The van der Waals surface area contributed by atoms with Crippen LogP contribution in [0.5, 0.6) is 5.75 Å². The average molecular weight is 234 g/mol. The fourth-order valence-corrected chi connectivity index (χ4v) is 2.27. The number of nitrogens with one attached hydrogen (secondary N) is 1. The molecule has 1 fully saturated rings. The molecule has 1 aliphatic heterocycles. The van der Waals surface area contributed by atoms with E-state index in [2.05, 4.69) is 4.98 Å². The van der Waals surface area contributed by atoms with Gasteiger partial charge in [-0.15, -0.1) is 0 Å². The van der Waals surface area contributed by atoms with E-state index in [1.807, 2.05) is 18.2 Å². The van der Waals surface area contributed by atoms with Crippen LogP contribution in [0.3, 0.4) is 0 Å². The van der Waals surface area contributed by atoms with Gasteiger partial charge < -0.3 is 14.6 Å². The van der Waals surface area contributed by atoms with Gasteiger partial charge in [0, 0.05) is 29.1 Å². The molecule has 1 N–H and O–H groups in total. The SMILES string of the molecule is [2H]C1([2H])CC(c2c[nH]c3ccc(OC)cc23)C([2H])([2H])N1C. The van der Waals surface area contributed by atoms with Crippen LogP contribution >= 0.6 is 0 Å². The van der Waals surface area contributed by atoms with Crippen LogP contribution in [0.25, 0.3) is 10.9 Å². The number of rotatable bonds is 2. The zero-order chi connectivity index (χ0) is 15.4. The van der Waals surface area contributed by atoms with E-state index in [0.717, 1.165) is 16.5 Å². The van der Waals surface area contributed by atoms with Crippen LogP contribution in [-0.2, 0) is 0 Å². The Kier molecular flexibility index (Phi) is 1.69. The van der Waals surface area contributed by atoms with Crippen molar-refractivity contribution < 1.29 is 10.2 Å². The van der Waals surface area contributed by atoms with Crippen LogP contribution in [0.2, 0.25) is 0 Å². The lowest BCUT2D eigenvalue weighted by Gasteiger charge is -2.09. The molecule has 3 nitrogen and oxygen atoms in total. The summed E-state index contributed by atoms with van der Waals surface area (Å²) in [5.74, 6) is 0.177. The summed E-state index contributed by atoms with van der Waals surface area (Å²) in [5, 5.41) is 0.884. The van der Waals surface area contributed by atoms with E-state index in [-0.39, 0.29) is 6.42 Å². The fraction of sp³-hybridized carbons (Fsp3) is 0.429. The molecule has 1 atom stereocenters. The molecule has 1 aromatic carbocycles. The monoisotopic (exact) mass is 234 g/mol. The van der Waals surface area contributed by atoms with Crippen molar-refractivity contribution in [3.63, 3.8) is 0 Å². The molecule has 1 aliphatic rings. The number of nitrogens with zero attached hydrogens (tertiary/aromatic N) is 1. The molecule has 1 saturated heterocycles. The number of aromatic nitrogens is 1. The summed E-state index contributed by atoms with van der Waals surface area (Å²) in [7, 11) is 3.09. The molecule has 0 bridgehead atoms. The molecule has 2 heterocycles. The fourth-order valence-electron chi connectivity index (χ4n) is 2.27. The minimum Gasteiger partial charge on any atom is -0.497 e. The molecule has 3 rings (SSSR count). The maximum atomic E-state index is 8.26. The predicted molar refractivity (Wildman–Crippen MR) is 69.7 cm³/mol. The van der Waals surface area contributed by atoms with Gasteiger partial charge in [-0.2, -0.15) is 0 Å². The summed E-state index contributed by atoms with van der Waals surface area (Å²) in [6.45, 7) is -3.39. The molecule has 3 heteroatoms. The van der Waals surface area contributed by atoms with Crippen molar-refractivity contribution in [3.05, 3.63) is 30.0 Å². The Morgan fingerprint density at radius 1 is 1.53 bits per heavy atom. The molecular formula is C14H18N2O. The summed E-state index contributed by atoms with van der Waals surface area (Å²) in [5.41, 5.74) is 1.69. The van der Waals surface area contributed by atoms with Crippen molar-refractivity contribution in [1.82, 2.24) is 9.88 Å². The smallest absolute Gasteiger partial charge is 0.119 e. The summed E-state index contributed by atoms with van der Waals surface area (Å²) >= 11 is 0. The summed E-state index contributed by atoms with van der Waals surface area (Å²) in [6, 6.07) is 5.60. The van der Waals surface area contributed by atoms with Gasteiger partial charge in [-0.05, 0) is 49.6 Å². The molecule has 0 saturated carbocycles. The molecule has 0 amide bonds. The van der Waals surface area contributed by atoms with Crippen molar-refractivity contribution in [2.45, 2.75) is 12.3 Å². The lowest BCUT2D eigenvalue weighted by Crippen LogP contribution is -2.13. The third-order valence-electron chi connectivity index (χ3n) is 3.18. The number of H-pyrrole nitrogens is 1. The van der Waals surface area contributed by atoms with E-state index < -0.39 is 18.9 Å². The first-order valence-electron chi connectivity index (χ1n) is 7.66. The lowest BCUT2D eigenvalue weighted by molar-refractivity contribution is 0.411. The van der Waals surface area contributed by atoms with E-state index in [1.165, 1.54) is 11.9 Å². The van der Waals surface area contributed by atoms with E-state index in [9.17, 15) is 0 Å². The normalized spacial score (nSPS) is 30.6. The van der Waals surface area contributed by atoms with Crippen molar-refractivity contribution in [1.29, 1.82) is 0 Å². The minimum absolute atomic E-state index is 0.126. The zero-order valence-electron chi connectivity index (χ0n) is 13.9. The van der Waals surface area contributed by atoms with Gasteiger partial charge in [0.25, 0.3) is 0 Å². The van der Waals surface area contributed by atoms with E-state index in [4.69, 9.17) is 10.2 Å².